The molecule has 0 bridgehead atoms. The number of thiocyanates is 1. The van der Waals surface area contributed by atoms with Crippen molar-refractivity contribution in [2.24, 2.45) is 0 Å². The summed E-state index contributed by atoms with van der Waals surface area (Å²) in [6.45, 7) is 2.41. The standard InChI is InChI=1S/C5H7NOS/c1-2-3-4-7-8-5-6/h2-3H,4H2,1H3. The summed E-state index contributed by atoms with van der Waals surface area (Å²) in [5, 5.41) is 9.72. The molecule has 0 saturated heterocycles. The molecule has 2 nitrogen and oxygen atoms in total. The first-order chi connectivity index (χ1) is 3.91. The van der Waals surface area contributed by atoms with Gasteiger partial charge in [-0.2, -0.15) is 5.26 Å². The van der Waals surface area contributed by atoms with Gasteiger partial charge in [0.2, 0.25) is 0 Å². The fraction of sp³-hybridized carbons (Fsp3) is 0.400. The topological polar surface area (TPSA) is 33.0 Å². The summed E-state index contributed by atoms with van der Waals surface area (Å²) in [6.07, 6.45) is 3.71. The van der Waals surface area contributed by atoms with E-state index in [0.717, 1.165) is 12.0 Å². The van der Waals surface area contributed by atoms with E-state index >= 15 is 0 Å². The van der Waals surface area contributed by atoms with E-state index in [1.807, 2.05) is 19.1 Å². The van der Waals surface area contributed by atoms with Gasteiger partial charge < -0.3 is 0 Å². The van der Waals surface area contributed by atoms with Crippen LogP contribution in [-0.2, 0) is 4.18 Å². The maximum Gasteiger partial charge on any atom is 0.163 e. The highest BCUT2D eigenvalue weighted by Gasteiger charge is 1.77. The van der Waals surface area contributed by atoms with E-state index in [9.17, 15) is 0 Å². The van der Waals surface area contributed by atoms with Crippen molar-refractivity contribution < 1.29 is 4.18 Å². The lowest BCUT2D eigenvalue weighted by molar-refractivity contribution is 0.433. The lowest BCUT2D eigenvalue weighted by Gasteiger charge is -1.85. The van der Waals surface area contributed by atoms with Crippen LogP contribution in [0.2, 0.25) is 0 Å². The molecule has 0 unspecified atom stereocenters. The van der Waals surface area contributed by atoms with Crippen molar-refractivity contribution in [2.45, 2.75) is 6.92 Å². The molecule has 0 saturated carbocycles. The maximum atomic E-state index is 7.93. The van der Waals surface area contributed by atoms with Crippen LogP contribution in [0.3, 0.4) is 0 Å². The second kappa shape index (κ2) is 6.54. The average molecular weight is 129 g/mol. The minimum atomic E-state index is 0.509. The molecule has 0 radical (unpaired) electrons. The van der Waals surface area contributed by atoms with Gasteiger partial charge in [-0.3, -0.25) is 4.18 Å². The van der Waals surface area contributed by atoms with E-state index in [-0.39, 0.29) is 0 Å². The Morgan fingerprint density at radius 3 is 3.12 bits per heavy atom. The number of nitriles is 1. The maximum absolute atomic E-state index is 7.93. The molecule has 0 N–H and O–H groups in total. The molecule has 0 aromatic rings. The molecular formula is C5H7NOS. The van der Waals surface area contributed by atoms with Crippen LogP contribution in [0, 0.1) is 10.7 Å². The highest BCUT2D eigenvalue weighted by atomic mass is 32.2. The van der Waals surface area contributed by atoms with E-state index in [1.54, 1.807) is 5.40 Å². The van der Waals surface area contributed by atoms with Crippen LogP contribution in [0.25, 0.3) is 0 Å². The van der Waals surface area contributed by atoms with E-state index < -0.39 is 0 Å². The molecule has 0 aromatic carbocycles. The van der Waals surface area contributed by atoms with Crippen LogP contribution in [0.5, 0.6) is 0 Å². The Hall–Kier alpha value is -0.460. The Balaban J connectivity index is 2.85. The zero-order valence-electron chi connectivity index (χ0n) is 4.63. The minimum absolute atomic E-state index is 0.509. The van der Waals surface area contributed by atoms with Crippen LogP contribution in [0.1, 0.15) is 6.92 Å². The van der Waals surface area contributed by atoms with Gasteiger partial charge in [-0.05, 0) is 6.92 Å². The Morgan fingerprint density at radius 1 is 1.88 bits per heavy atom. The Bertz CT molecular complexity index is 105. The van der Waals surface area contributed by atoms with Crippen molar-refractivity contribution >= 4 is 12.0 Å². The van der Waals surface area contributed by atoms with Gasteiger partial charge in [0.15, 0.2) is 5.40 Å². The van der Waals surface area contributed by atoms with Crippen molar-refractivity contribution in [3.8, 4) is 5.40 Å². The molecule has 0 rings (SSSR count). The van der Waals surface area contributed by atoms with Gasteiger partial charge in [-0.15, -0.1) is 0 Å². The summed E-state index contributed by atoms with van der Waals surface area (Å²) in [4.78, 5) is 0. The van der Waals surface area contributed by atoms with E-state index in [4.69, 9.17) is 9.44 Å². The molecule has 0 aliphatic carbocycles. The number of hydrogen-bond donors (Lipinski definition) is 0. The van der Waals surface area contributed by atoms with Crippen molar-refractivity contribution in [3.05, 3.63) is 12.2 Å². The first-order valence-corrected chi connectivity index (χ1v) is 2.94. The van der Waals surface area contributed by atoms with Crippen LogP contribution in [-0.4, -0.2) is 6.61 Å². The predicted octanol–water partition coefficient (Wildman–Crippen LogP) is 1.71. The minimum Gasteiger partial charge on any atom is -0.298 e. The zero-order chi connectivity index (χ0) is 6.24. The summed E-state index contributed by atoms with van der Waals surface area (Å²) in [6, 6.07) is 0. The Labute approximate surface area is 53.3 Å². The summed E-state index contributed by atoms with van der Waals surface area (Å²) < 4.78 is 4.69. The van der Waals surface area contributed by atoms with Gasteiger partial charge >= 0.3 is 0 Å². The van der Waals surface area contributed by atoms with E-state index in [2.05, 4.69) is 0 Å². The summed E-state index contributed by atoms with van der Waals surface area (Å²) in [7, 11) is 0. The third kappa shape index (κ3) is 5.54. The van der Waals surface area contributed by atoms with Gasteiger partial charge in [0, 0.05) is 0 Å². The zero-order valence-corrected chi connectivity index (χ0v) is 5.44. The molecule has 8 heavy (non-hydrogen) atoms. The molecule has 3 heteroatoms. The molecule has 0 amide bonds. The number of rotatable bonds is 3. The Kier molecular flexibility index (Phi) is 6.16. The number of nitrogens with zero attached hydrogens (tertiary/aromatic N) is 1. The molecule has 0 fully saturated rings. The third-order valence-corrected chi connectivity index (χ3v) is 0.825. The monoisotopic (exact) mass is 129 g/mol. The van der Waals surface area contributed by atoms with Gasteiger partial charge in [0.1, 0.15) is 12.0 Å². The first-order valence-electron chi connectivity index (χ1n) is 2.20. The smallest absolute Gasteiger partial charge is 0.163 e. The van der Waals surface area contributed by atoms with Crippen molar-refractivity contribution in [2.75, 3.05) is 6.61 Å². The fourth-order valence-corrected chi connectivity index (χ4v) is 0.395. The highest BCUT2D eigenvalue weighted by molar-refractivity contribution is 7.99. The Morgan fingerprint density at radius 2 is 2.62 bits per heavy atom. The van der Waals surface area contributed by atoms with Crippen LogP contribution >= 0.6 is 12.0 Å². The largest absolute Gasteiger partial charge is 0.298 e. The van der Waals surface area contributed by atoms with Crippen molar-refractivity contribution in [1.82, 2.24) is 0 Å². The van der Waals surface area contributed by atoms with Gasteiger partial charge in [0.05, 0.1) is 6.61 Å². The SMILES string of the molecule is CC=CCOSC#N. The molecule has 44 valence electrons. The molecule has 0 aliphatic heterocycles. The molecule has 0 spiro atoms. The second-order valence-corrected chi connectivity index (χ2v) is 1.61. The summed E-state index contributed by atoms with van der Waals surface area (Å²) in [5.74, 6) is 0. The van der Waals surface area contributed by atoms with E-state index in [0.29, 0.717) is 6.61 Å². The van der Waals surface area contributed by atoms with E-state index in [1.165, 1.54) is 0 Å². The predicted molar refractivity (Wildman–Crippen MR) is 34.0 cm³/mol. The molecule has 0 atom stereocenters. The number of allylic oxidation sites excluding steroid dienone is 1. The van der Waals surface area contributed by atoms with Crippen molar-refractivity contribution in [1.29, 1.82) is 5.26 Å². The van der Waals surface area contributed by atoms with Gasteiger partial charge in [-0.1, -0.05) is 12.2 Å². The summed E-state index contributed by atoms with van der Waals surface area (Å²) in [5.41, 5.74) is 0. The molecule has 0 aromatic heterocycles. The third-order valence-electron chi connectivity index (χ3n) is 0.496. The lowest BCUT2D eigenvalue weighted by atomic mass is 10.6. The molecule has 0 heterocycles. The number of hydrogen-bond acceptors (Lipinski definition) is 3. The van der Waals surface area contributed by atoms with Gasteiger partial charge in [0.25, 0.3) is 0 Å². The normalized spacial score (nSPS) is 9.50. The second-order valence-electron chi connectivity index (χ2n) is 1.03. The lowest BCUT2D eigenvalue weighted by Crippen LogP contribution is -1.75. The van der Waals surface area contributed by atoms with Crippen LogP contribution < -0.4 is 0 Å². The van der Waals surface area contributed by atoms with Gasteiger partial charge in [-0.25, -0.2) is 0 Å². The average Bonchev–Trinajstić information content (AvgIpc) is 1.81. The van der Waals surface area contributed by atoms with Crippen LogP contribution in [0.15, 0.2) is 12.2 Å². The molecule has 0 aliphatic rings. The quantitative estimate of drug-likeness (QED) is 0.252. The van der Waals surface area contributed by atoms with Crippen molar-refractivity contribution in [3.63, 3.8) is 0 Å². The first kappa shape index (κ1) is 7.54. The molecular weight excluding hydrogens is 122 g/mol. The highest BCUT2D eigenvalue weighted by Crippen LogP contribution is 1.96. The summed E-state index contributed by atoms with van der Waals surface area (Å²) >= 11 is 0.802. The van der Waals surface area contributed by atoms with Crippen LogP contribution in [0.4, 0.5) is 0 Å². The fourth-order valence-electron chi connectivity index (χ4n) is 0.196.